The lowest BCUT2D eigenvalue weighted by Crippen LogP contribution is -2.40. The summed E-state index contributed by atoms with van der Waals surface area (Å²) in [5, 5.41) is 13.2. The highest BCUT2D eigenvalue weighted by atomic mass is 35.5. The third-order valence-corrected chi connectivity index (χ3v) is 4.58. The summed E-state index contributed by atoms with van der Waals surface area (Å²) in [7, 11) is 0. The van der Waals surface area contributed by atoms with Crippen LogP contribution in [0.4, 0.5) is 0 Å². The maximum absolute atomic E-state index is 9.15. The van der Waals surface area contributed by atoms with Gasteiger partial charge in [0.25, 0.3) is 0 Å². The van der Waals surface area contributed by atoms with Crippen molar-refractivity contribution in [1.29, 1.82) is 5.26 Å². The van der Waals surface area contributed by atoms with Crippen LogP contribution in [0.5, 0.6) is 0 Å². The van der Waals surface area contributed by atoms with Crippen molar-refractivity contribution in [3.8, 4) is 6.07 Å². The van der Waals surface area contributed by atoms with Gasteiger partial charge in [-0.15, -0.1) is 11.8 Å². The number of benzene rings is 1. The molecule has 0 saturated carbocycles. The first kappa shape index (κ1) is 16.4. The highest BCUT2D eigenvalue weighted by Crippen LogP contribution is 2.27. The van der Waals surface area contributed by atoms with Gasteiger partial charge in [-0.05, 0) is 50.6 Å². The van der Waals surface area contributed by atoms with E-state index in [4.69, 9.17) is 16.9 Å². The van der Waals surface area contributed by atoms with Crippen LogP contribution in [0.2, 0.25) is 5.02 Å². The zero-order valence-electron chi connectivity index (χ0n) is 11.6. The van der Waals surface area contributed by atoms with E-state index in [0.717, 1.165) is 41.5 Å². The Kier molecular flexibility index (Phi) is 7.30. The lowest BCUT2D eigenvalue weighted by atomic mass is 9.97. The van der Waals surface area contributed by atoms with Gasteiger partial charge in [0.15, 0.2) is 0 Å². The Morgan fingerprint density at radius 3 is 2.74 bits per heavy atom. The maximum atomic E-state index is 9.15. The van der Waals surface area contributed by atoms with Crippen LogP contribution in [0.3, 0.4) is 0 Å². The van der Waals surface area contributed by atoms with Gasteiger partial charge in [0.1, 0.15) is 5.54 Å². The molecule has 0 aliphatic heterocycles. The largest absolute Gasteiger partial charge is 0.300 e. The van der Waals surface area contributed by atoms with E-state index in [1.165, 1.54) is 0 Å². The molecule has 0 saturated heterocycles. The number of nitrogens with zero attached hydrogens (tertiary/aromatic N) is 1. The third kappa shape index (κ3) is 5.86. The van der Waals surface area contributed by atoms with Crippen LogP contribution in [-0.4, -0.2) is 17.8 Å². The van der Waals surface area contributed by atoms with Gasteiger partial charge in [-0.25, -0.2) is 0 Å². The van der Waals surface area contributed by atoms with Crippen LogP contribution in [0.1, 0.15) is 33.1 Å². The number of unbranched alkanes of at least 4 members (excludes halogenated alkanes) is 1. The fourth-order valence-electron chi connectivity index (χ4n) is 1.90. The van der Waals surface area contributed by atoms with Gasteiger partial charge in [-0.1, -0.05) is 30.7 Å². The second kappa shape index (κ2) is 8.47. The molecule has 1 rings (SSSR count). The number of rotatable bonds is 8. The maximum Gasteiger partial charge on any atom is 0.103 e. The molecule has 0 aliphatic rings. The molecule has 1 unspecified atom stereocenters. The summed E-state index contributed by atoms with van der Waals surface area (Å²) in [6, 6.07) is 10.3. The Labute approximate surface area is 125 Å². The molecule has 2 nitrogen and oxygen atoms in total. The first-order chi connectivity index (χ1) is 9.11. The molecule has 0 bridgehead atoms. The van der Waals surface area contributed by atoms with Crippen molar-refractivity contribution in [2.45, 2.75) is 43.5 Å². The topological polar surface area (TPSA) is 35.8 Å². The summed E-state index contributed by atoms with van der Waals surface area (Å²) in [5.74, 6) is 1.04. The number of halogens is 1. The Balaban J connectivity index is 2.25. The SMILES string of the molecule is CCNC(C)(C#N)CCCCSc1ccccc1Cl. The van der Waals surface area contributed by atoms with E-state index >= 15 is 0 Å². The average molecular weight is 297 g/mol. The van der Waals surface area contributed by atoms with Crippen molar-refractivity contribution in [2.24, 2.45) is 0 Å². The molecule has 0 spiro atoms. The number of nitrogens with one attached hydrogen (secondary N) is 1. The predicted octanol–water partition coefficient (Wildman–Crippen LogP) is 4.49. The minimum absolute atomic E-state index is 0.385. The quantitative estimate of drug-likeness (QED) is 0.567. The highest BCUT2D eigenvalue weighted by molar-refractivity contribution is 7.99. The lowest BCUT2D eigenvalue weighted by molar-refractivity contribution is 0.415. The number of hydrogen-bond acceptors (Lipinski definition) is 3. The second-order valence-corrected chi connectivity index (χ2v) is 6.25. The lowest BCUT2D eigenvalue weighted by Gasteiger charge is -2.22. The van der Waals surface area contributed by atoms with Crippen LogP contribution in [0.25, 0.3) is 0 Å². The normalized spacial score (nSPS) is 13.8. The van der Waals surface area contributed by atoms with E-state index in [9.17, 15) is 0 Å². The zero-order chi connectivity index (χ0) is 14.1. The summed E-state index contributed by atoms with van der Waals surface area (Å²) in [4.78, 5) is 1.14. The molecule has 1 aromatic carbocycles. The molecule has 4 heteroatoms. The van der Waals surface area contributed by atoms with Crippen LogP contribution in [0, 0.1) is 11.3 Å². The van der Waals surface area contributed by atoms with E-state index in [1.807, 2.05) is 38.1 Å². The third-order valence-electron chi connectivity index (χ3n) is 2.98. The minimum atomic E-state index is -0.385. The van der Waals surface area contributed by atoms with Gasteiger partial charge in [0.2, 0.25) is 0 Å². The standard InChI is InChI=1S/C15H21ClN2S/c1-3-18-15(2,12-17)10-6-7-11-19-14-9-5-4-8-13(14)16/h4-5,8-9,18H,3,6-7,10-11H2,1-2H3. The van der Waals surface area contributed by atoms with Crippen molar-refractivity contribution in [3.05, 3.63) is 29.3 Å². The van der Waals surface area contributed by atoms with Gasteiger partial charge < -0.3 is 0 Å². The van der Waals surface area contributed by atoms with Crippen LogP contribution in [-0.2, 0) is 0 Å². The Hall–Kier alpha value is -0.690. The molecule has 0 amide bonds. The highest BCUT2D eigenvalue weighted by Gasteiger charge is 2.20. The molecule has 0 radical (unpaired) electrons. The first-order valence-corrected chi connectivity index (χ1v) is 8.01. The smallest absolute Gasteiger partial charge is 0.103 e. The molecule has 1 atom stereocenters. The summed E-state index contributed by atoms with van der Waals surface area (Å²) in [5.41, 5.74) is -0.385. The molecule has 104 valence electrons. The van der Waals surface area contributed by atoms with Crippen molar-refractivity contribution >= 4 is 23.4 Å². The van der Waals surface area contributed by atoms with Gasteiger partial charge in [0, 0.05) is 4.90 Å². The van der Waals surface area contributed by atoms with Crippen LogP contribution in [0.15, 0.2) is 29.2 Å². The van der Waals surface area contributed by atoms with Crippen LogP contribution < -0.4 is 5.32 Å². The molecule has 0 fully saturated rings. The second-order valence-electron chi connectivity index (χ2n) is 4.71. The van der Waals surface area contributed by atoms with Crippen molar-refractivity contribution < 1.29 is 0 Å². The Morgan fingerprint density at radius 2 is 2.11 bits per heavy atom. The molecule has 0 aromatic heterocycles. The summed E-state index contributed by atoms with van der Waals surface area (Å²) >= 11 is 7.88. The Morgan fingerprint density at radius 1 is 1.37 bits per heavy atom. The fraction of sp³-hybridized carbons (Fsp3) is 0.533. The number of thioether (sulfide) groups is 1. The molecular formula is C15H21ClN2S. The summed E-state index contributed by atoms with van der Waals surface area (Å²) in [6.45, 7) is 4.83. The van der Waals surface area contributed by atoms with Gasteiger partial charge in [0.05, 0.1) is 11.1 Å². The van der Waals surface area contributed by atoms with Gasteiger partial charge in [-0.3, -0.25) is 5.32 Å². The number of nitriles is 1. The van der Waals surface area contributed by atoms with E-state index in [1.54, 1.807) is 11.8 Å². The van der Waals surface area contributed by atoms with E-state index in [0.29, 0.717) is 0 Å². The van der Waals surface area contributed by atoms with Crippen molar-refractivity contribution in [3.63, 3.8) is 0 Å². The summed E-state index contributed by atoms with van der Waals surface area (Å²) in [6.07, 6.45) is 3.04. The van der Waals surface area contributed by atoms with E-state index in [2.05, 4.69) is 11.4 Å². The molecule has 0 heterocycles. The molecule has 1 aromatic rings. The van der Waals surface area contributed by atoms with Crippen molar-refractivity contribution in [1.82, 2.24) is 5.32 Å². The van der Waals surface area contributed by atoms with E-state index < -0.39 is 0 Å². The minimum Gasteiger partial charge on any atom is -0.300 e. The number of hydrogen-bond donors (Lipinski definition) is 1. The monoisotopic (exact) mass is 296 g/mol. The average Bonchev–Trinajstić information content (AvgIpc) is 2.41. The molecular weight excluding hydrogens is 276 g/mol. The van der Waals surface area contributed by atoms with Gasteiger partial charge in [-0.2, -0.15) is 5.26 Å². The molecule has 0 aliphatic carbocycles. The first-order valence-electron chi connectivity index (χ1n) is 6.65. The van der Waals surface area contributed by atoms with Crippen LogP contribution >= 0.6 is 23.4 Å². The molecule has 1 N–H and O–H groups in total. The van der Waals surface area contributed by atoms with E-state index in [-0.39, 0.29) is 5.54 Å². The summed E-state index contributed by atoms with van der Waals surface area (Å²) < 4.78 is 0. The zero-order valence-corrected chi connectivity index (χ0v) is 13.2. The van der Waals surface area contributed by atoms with Crippen molar-refractivity contribution in [2.75, 3.05) is 12.3 Å². The predicted molar refractivity (Wildman–Crippen MR) is 83.7 cm³/mol. The Bertz CT molecular complexity index is 430. The fourth-order valence-corrected chi connectivity index (χ4v) is 3.15. The van der Waals surface area contributed by atoms with Gasteiger partial charge >= 0.3 is 0 Å². The molecule has 19 heavy (non-hydrogen) atoms.